The molecule has 1 aromatic rings. The fourth-order valence-corrected chi connectivity index (χ4v) is 4.44. The number of benzene rings is 1. The van der Waals surface area contributed by atoms with Crippen LogP contribution in [0.2, 0.25) is 0 Å². The van der Waals surface area contributed by atoms with Gasteiger partial charge in [0.25, 0.3) is 30.4 Å². The zero-order valence-electron chi connectivity index (χ0n) is 13.4. The molecule has 1 aliphatic heterocycles. The summed E-state index contributed by atoms with van der Waals surface area (Å²) in [5, 5.41) is 0. The van der Waals surface area contributed by atoms with Crippen molar-refractivity contribution in [3.05, 3.63) is 24.3 Å². The molecule has 0 spiro atoms. The van der Waals surface area contributed by atoms with Gasteiger partial charge in [-0.25, -0.2) is 0 Å². The van der Waals surface area contributed by atoms with E-state index in [0.717, 1.165) is 26.4 Å². The van der Waals surface area contributed by atoms with E-state index in [4.69, 9.17) is 4.74 Å². The van der Waals surface area contributed by atoms with Crippen LogP contribution in [0.4, 0.5) is 0 Å². The molecule has 1 saturated heterocycles. The van der Waals surface area contributed by atoms with Gasteiger partial charge in [-0.05, 0) is 12.1 Å². The third-order valence-corrected chi connectivity index (χ3v) is 6.78. The maximum Gasteiger partial charge on any atom is 0.298 e. The predicted octanol–water partition coefficient (Wildman–Crippen LogP) is -0.280. The molecule has 1 aliphatic rings. The molecule has 10 nitrogen and oxygen atoms in total. The van der Waals surface area contributed by atoms with Crippen LogP contribution in [-0.2, 0) is 47.6 Å². The van der Waals surface area contributed by atoms with Crippen molar-refractivity contribution in [1.29, 1.82) is 0 Å². The standard InChI is InChI=1S/C8H10O6S2.C4H8O4S/c1-13-15(9,10)7-5-3-4-6-8(7)16(11,12)14-2;5-9(6)4-3-7-1-2-8-9/h3-6H,1-2H3;1-4H2. The van der Waals surface area contributed by atoms with Gasteiger partial charge in [-0.1, -0.05) is 12.1 Å². The van der Waals surface area contributed by atoms with Gasteiger partial charge >= 0.3 is 0 Å². The Bertz CT molecular complexity index is 804. The summed E-state index contributed by atoms with van der Waals surface area (Å²) in [7, 11) is -9.51. The normalized spacial score (nSPS) is 17.8. The van der Waals surface area contributed by atoms with Crippen molar-refractivity contribution < 1.29 is 42.5 Å². The number of hydrogen-bond acceptors (Lipinski definition) is 10. The van der Waals surface area contributed by atoms with Gasteiger partial charge in [0.1, 0.15) is 9.79 Å². The van der Waals surface area contributed by atoms with Gasteiger partial charge in [0.15, 0.2) is 0 Å². The molecule has 0 atom stereocenters. The Morgan fingerprint density at radius 1 is 0.880 bits per heavy atom. The van der Waals surface area contributed by atoms with E-state index in [9.17, 15) is 25.3 Å². The molecule has 1 aromatic carbocycles. The van der Waals surface area contributed by atoms with Crippen LogP contribution in [0.3, 0.4) is 0 Å². The van der Waals surface area contributed by atoms with E-state index in [2.05, 4.69) is 12.5 Å². The second-order valence-electron chi connectivity index (χ2n) is 4.38. The Balaban J connectivity index is 0.000000293. The summed E-state index contributed by atoms with van der Waals surface area (Å²) in [5.41, 5.74) is 0. The third kappa shape index (κ3) is 6.62. The van der Waals surface area contributed by atoms with Crippen LogP contribution < -0.4 is 0 Å². The van der Waals surface area contributed by atoms with Gasteiger partial charge < -0.3 is 4.74 Å². The quantitative estimate of drug-likeness (QED) is 0.600. The molecule has 0 N–H and O–H groups in total. The first-order valence-corrected chi connectivity index (χ1v) is 11.1. The van der Waals surface area contributed by atoms with Crippen LogP contribution >= 0.6 is 0 Å². The summed E-state index contributed by atoms with van der Waals surface area (Å²) in [6.45, 7) is 0.782. The van der Waals surface area contributed by atoms with Crippen molar-refractivity contribution in [3.63, 3.8) is 0 Å². The van der Waals surface area contributed by atoms with Gasteiger partial charge in [0.2, 0.25) is 0 Å². The maximum absolute atomic E-state index is 11.4. The topological polar surface area (TPSA) is 139 Å². The lowest BCUT2D eigenvalue weighted by Crippen LogP contribution is -2.11. The molecule has 0 amide bonds. The zero-order chi connectivity index (χ0) is 19.1. The Morgan fingerprint density at radius 3 is 1.80 bits per heavy atom. The summed E-state index contributed by atoms with van der Waals surface area (Å²) in [5.74, 6) is -0.0208. The molecule has 0 bridgehead atoms. The molecule has 2 rings (SSSR count). The van der Waals surface area contributed by atoms with E-state index < -0.39 is 40.1 Å². The fraction of sp³-hybridized carbons (Fsp3) is 0.500. The van der Waals surface area contributed by atoms with Crippen LogP contribution in [0.5, 0.6) is 0 Å². The fourth-order valence-electron chi connectivity index (χ4n) is 1.58. The molecule has 0 saturated carbocycles. The largest absolute Gasteiger partial charge is 0.378 e. The zero-order valence-corrected chi connectivity index (χ0v) is 15.9. The molecule has 0 radical (unpaired) electrons. The summed E-state index contributed by atoms with van der Waals surface area (Å²) in [4.78, 5) is -0.890. The highest BCUT2D eigenvalue weighted by atomic mass is 32.2. The van der Waals surface area contributed by atoms with Gasteiger partial charge in [-0.2, -0.15) is 25.3 Å². The van der Waals surface area contributed by atoms with Crippen molar-refractivity contribution >= 4 is 30.4 Å². The Kier molecular flexibility index (Phi) is 7.92. The van der Waals surface area contributed by atoms with Crippen molar-refractivity contribution in [2.75, 3.05) is 39.8 Å². The SMILES string of the molecule is COS(=O)(=O)c1ccccc1S(=O)(=O)OC.O=S1(=O)CCOCCO1. The third-order valence-electron chi connectivity index (χ3n) is 2.79. The monoisotopic (exact) mass is 418 g/mol. The molecular weight excluding hydrogens is 400 g/mol. The molecule has 144 valence electrons. The molecule has 1 fully saturated rings. The van der Waals surface area contributed by atoms with Gasteiger partial charge in [0.05, 0.1) is 39.8 Å². The van der Waals surface area contributed by atoms with Crippen LogP contribution in [-0.4, -0.2) is 65.0 Å². The summed E-state index contributed by atoms with van der Waals surface area (Å²) in [6, 6.07) is 5.04. The molecule has 0 aliphatic carbocycles. The first-order chi connectivity index (χ1) is 11.6. The highest BCUT2D eigenvalue weighted by Gasteiger charge is 2.25. The van der Waals surface area contributed by atoms with Crippen molar-refractivity contribution in [3.8, 4) is 0 Å². The first kappa shape index (κ1) is 22.0. The Hall–Kier alpha value is -1.09. The number of rotatable bonds is 4. The average Bonchev–Trinajstić information content (AvgIpc) is 2.78. The van der Waals surface area contributed by atoms with Crippen molar-refractivity contribution in [1.82, 2.24) is 0 Å². The molecule has 13 heteroatoms. The first-order valence-electron chi connectivity index (χ1n) is 6.71. The maximum atomic E-state index is 11.4. The summed E-state index contributed by atoms with van der Waals surface area (Å²) < 4.78 is 84.7. The second kappa shape index (κ2) is 9.02. The smallest absolute Gasteiger partial charge is 0.298 e. The van der Waals surface area contributed by atoms with Crippen LogP contribution in [0.15, 0.2) is 34.1 Å². The van der Waals surface area contributed by atoms with Gasteiger partial charge in [-0.3, -0.25) is 12.5 Å². The van der Waals surface area contributed by atoms with Crippen LogP contribution in [0, 0.1) is 0 Å². The van der Waals surface area contributed by atoms with E-state index in [1.165, 1.54) is 12.1 Å². The summed E-state index contributed by atoms with van der Waals surface area (Å²) in [6.07, 6.45) is 0. The minimum absolute atomic E-state index is 0.0208. The minimum atomic E-state index is -4.08. The molecular formula is C12H18O10S3. The van der Waals surface area contributed by atoms with Crippen molar-refractivity contribution in [2.45, 2.75) is 9.79 Å². The van der Waals surface area contributed by atoms with Gasteiger partial charge in [0, 0.05) is 0 Å². The van der Waals surface area contributed by atoms with Gasteiger partial charge in [-0.15, -0.1) is 0 Å². The van der Waals surface area contributed by atoms with E-state index in [1.54, 1.807) is 0 Å². The average molecular weight is 418 g/mol. The highest BCUT2D eigenvalue weighted by Crippen LogP contribution is 2.23. The number of hydrogen-bond donors (Lipinski definition) is 0. The van der Waals surface area contributed by atoms with Crippen LogP contribution in [0.1, 0.15) is 0 Å². The summed E-state index contributed by atoms with van der Waals surface area (Å²) >= 11 is 0. The lowest BCUT2D eigenvalue weighted by molar-refractivity contribution is 0.129. The highest BCUT2D eigenvalue weighted by molar-refractivity contribution is 7.90. The molecule has 1 heterocycles. The van der Waals surface area contributed by atoms with E-state index in [1.807, 2.05) is 0 Å². The van der Waals surface area contributed by atoms with E-state index in [-0.39, 0.29) is 19.0 Å². The van der Waals surface area contributed by atoms with E-state index in [0.29, 0.717) is 6.61 Å². The Labute approximate surface area is 147 Å². The van der Waals surface area contributed by atoms with E-state index >= 15 is 0 Å². The van der Waals surface area contributed by atoms with Crippen LogP contribution in [0.25, 0.3) is 0 Å². The second-order valence-corrected chi connectivity index (χ2v) is 9.51. The lowest BCUT2D eigenvalue weighted by Gasteiger charge is -2.07. The van der Waals surface area contributed by atoms with Crippen molar-refractivity contribution in [2.24, 2.45) is 0 Å². The minimum Gasteiger partial charge on any atom is -0.378 e. The Morgan fingerprint density at radius 2 is 1.36 bits per heavy atom. The lowest BCUT2D eigenvalue weighted by atomic mass is 10.4. The molecule has 25 heavy (non-hydrogen) atoms. The molecule has 0 aromatic heterocycles. The number of ether oxygens (including phenoxy) is 1. The predicted molar refractivity (Wildman–Crippen MR) is 85.4 cm³/mol. The molecule has 0 unspecified atom stereocenters.